The molecule has 0 aliphatic heterocycles. The smallest absolute Gasteiger partial charge is 0.237 e. The number of hydrogen-bond acceptors (Lipinski definition) is 2. The average Bonchev–Trinajstić information content (AvgIpc) is 2.02. The molecule has 0 saturated carbocycles. The topological polar surface area (TPSA) is 55.1 Å². The summed E-state index contributed by atoms with van der Waals surface area (Å²) in [4.78, 5) is 11.3. The van der Waals surface area contributed by atoms with Gasteiger partial charge in [0.05, 0.1) is 6.04 Å². The molecule has 0 fully saturated rings. The number of nitrogens with one attached hydrogen (secondary N) is 1. The van der Waals surface area contributed by atoms with Gasteiger partial charge in [-0.1, -0.05) is 19.9 Å². The lowest BCUT2D eigenvalue weighted by Crippen LogP contribution is -2.46. The second-order valence-electron chi connectivity index (χ2n) is 3.30. The van der Waals surface area contributed by atoms with Crippen LogP contribution in [0.4, 0.5) is 0 Å². The standard InChI is InChI=1S/C9H18N2O/c1-5-7(4)11-9(12)8(10)6(2)3/h5-8H,1,10H2,2-4H3,(H,11,12)/t7?,8-/m0/s1. The highest BCUT2D eigenvalue weighted by Gasteiger charge is 2.17. The van der Waals surface area contributed by atoms with Crippen molar-refractivity contribution in [3.63, 3.8) is 0 Å². The average molecular weight is 170 g/mol. The molecule has 2 atom stereocenters. The van der Waals surface area contributed by atoms with E-state index in [-0.39, 0.29) is 17.9 Å². The fourth-order valence-electron chi connectivity index (χ4n) is 0.682. The molecule has 0 spiro atoms. The van der Waals surface area contributed by atoms with Crippen LogP contribution in [0.3, 0.4) is 0 Å². The Balaban J connectivity index is 3.95. The first-order valence-electron chi connectivity index (χ1n) is 4.17. The Labute approximate surface area is 74.0 Å². The summed E-state index contributed by atoms with van der Waals surface area (Å²) in [6, 6.07) is -0.435. The van der Waals surface area contributed by atoms with Gasteiger partial charge >= 0.3 is 0 Å². The summed E-state index contributed by atoms with van der Waals surface area (Å²) in [7, 11) is 0. The van der Waals surface area contributed by atoms with E-state index in [2.05, 4.69) is 11.9 Å². The van der Waals surface area contributed by atoms with Crippen molar-refractivity contribution in [2.75, 3.05) is 0 Å². The van der Waals surface area contributed by atoms with Gasteiger partial charge in [-0.25, -0.2) is 0 Å². The SMILES string of the molecule is C=CC(C)NC(=O)[C@@H](N)C(C)C. The number of amides is 1. The Morgan fingerprint density at radius 1 is 1.50 bits per heavy atom. The molecule has 0 aliphatic rings. The molecule has 0 aromatic carbocycles. The summed E-state index contributed by atoms with van der Waals surface area (Å²) in [5.74, 6) is 0.0550. The van der Waals surface area contributed by atoms with Crippen molar-refractivity contribution < 1.29 is 4.79 Å². The Morgan fingerprint density at radius 2 is 2.00 bits per heavy atom. The van der Waals surface area contributed by atoms with Crippen LogP contribution in [0.15, 0.2) is 12.7 Å². The minimum Gasteiger partial charge on any atom is -0.349 e. The van der Waals surface area contributed by atoms with Crippen LogP contribution in [0.5, 0.6) is 0 Å². The largest absolute Gasteiger partial charge is 0.349 e. The summed E-state index contributed by atoms with van der Waals surface area (Å²) >= 11 is 0. The van der Waals surface area contributed by atoms with Crippen LogP contribution in [0.1, 0.15) is 20.8 Å². The van der Waals surface area contributed by atoms with Crippen molar-refractivity contribution in [1.29, 1.82) is 0 Å². The third-order valence-corrected chi connectivity index (χ3v) is 1.74. The fourth-order valence-corrected chi connectivity index (χ4v) is 0.682. The third kappa shape index (κ3) is 3.53. The zero-order valence-electron chi connectivity index (χ0n) is 8.00. The van der Waals surface area contributed by atoms with Gasteiger partial charge in [-0.2, -0.15) is 0 Å². The molecule has 0 saturated heterocycles. The van der Waals surface area contributed by atoms with Gasteiger partial charge in [0, 0.05) is 6.04 Å². The highest BCUT2D eigenvalue weighted by molar-refractivity contribution is 5.82. The number of rotatable bonds is 4. The zero-order valence-corrected chi connectivity index (χ0v) is 8.00. The predicted molar refractivity (Wildman–Crippen MR) is 50.6 cm³/mol. The molecule has 1 unspecified atom stereocenters. The molecule has 0 bridgehead atoms. The monoisotopic (exact) mass is 170 g/mol. The molecule has 12 heavy (non-hydrogen) atoms. The summed E-state index contributed by atoms with van der Waals surface area (Å²) < 4.78 is 0. The minimum atomic E-state index is -0.424. The van der Waals surface area contributed by atoms with E-state index in [9.17, 15) is 4.79 Å². The number of nitrogens with two attached hydrogens (primary N) is 1. The zero-order chi connectivity index (χ0) is 9.72. The van der Waals surface area contributed by atoms with Gasteiger partial charge in [0.15, 0.2) is 0 Å². The highest BCUT2D eigenvalue weighted by atomic mass is 16.2. The predicted octanol–water partition coefficient (Wildman–Crippen LogP) is 0.660. The van der Waals surface area contributed by atoms with Crippen LogP contribution in [0, 0.1) is 5.92 Å². The summed E-state index contributed by atoms with van der Waals surface area (Å²) in [5, 5.41) is 2.73. The maximum absolute atomic E-state index is 11.3. The molecule has 3 heteroatoms. The van der Waals surface area contributed by atoms with Crippen molar-refractivity contribution in [2.45, 2.75) is 32.9 Å². The fraction of sp³-hybridized carbons (Fsp3) is 0.667. The van der Waals surface area contributed by atoms with E-state index in [0.29, 0.717) is 0 Å². The van der Waals surface area contributed by atoms with Crippen LogP contribution in [0.25, 0.3) is 0 Å². The van der Waals surface area contributed by atoms with E-state index < -0.39 is 6.04 Å². The van der Waals surface area contributed by atoms with Crippen molar-refractivity contribution in [2.24, 2.45) is 11.7 Å². The molecule has 0 heterocycles. The summed E-state index contributed by atoms with van der Waals surface area (Å²) in [5.41, 5.74) is 5.62. The van der Waals surface area contributed by atoms with Gasteiger partial charge in [-0.15, -0.1) is 6.58 Å². The van der Waals surface area contributed by atoms with E-state index in [1.807, 2.05) is 20.8 Å². The molecule has 3 N–H and O–H groups in total. The molecule has 1 amide bonds. The lowest BCUT2D eigenvalue weighted by atomic mass is 10.0. The van der Waals surface area contributed by atoms with Gasteiger partial charge in [0.2, 0.25) is 5.91 Å². The van der Waals surface area contributed by atoms with E-state index in [0.717, 1.165) is 0 Å². The molecule has 0 rings (SSSR count). The van der Waals surface area contributed by atoms with Crippen LogP contribution in [-0.4, -0.2) is 18.0 Å². The number of carbonyl (C=O) groups is 1. The van der Waals surface area contributed by atoms with E-state index in [1.54, 1.807) is 6.08 Å². The van der Waals surface area contributed by atoms with E-state index in [4.69, 9.17) is 5.73 Å². The van der Waals surface area contributed by atoms with Crippen molar-refractivity contribution in [3.8, 4) is 0 Å². The number of carbonyl (C=O) groups excluding carboxylic acids is 1. The first-order valence-corrected chi connectivity index (χ1v) is 4.17. The van der Waals surface area contributed by atoms with Gasteiger partial charge in [0.1, 0.15) is 0 Å². The van der Waals surface area contributed by atoms with Gasteiger partial charge in [0.25, 0.3) is 0 Å². The van der Waals surface area contributed by atoms with E-state index in [1.165, 1.54) is 0 Å². The normalized spacial score (nSPS) is 15.4. The third-order valence-electron chi connectivity index (χ3n) is 1.74. The maximum atomic E-state index is 11.3. The van der Waals surface area contributed by atoms with Gasteiger partial charge in [-0.3, -0.25) is 4.79 Å². The second kappa shape index (κ2) is 4.93. The Morgan fingerprint density at radius 3 is 2.33 bits per heavy atom. The lowest BCUT2D eigenvalue weighted by Gasteiger charge is -2.17. The molecule has 0 radical (unpaired) electrons. The number of hydrogen-bond donors (Lipinski definition) is 2. The molecule has 3 nitrogen and oxygen atoms in total. The van der Waals surface area contributed by atoms with Crippen molar-refractivity contribution in [1.82, 2.24) is 5.32 Å². The minimum absolute atomic E-state index is 0.0118. The molecule has 0 aromatic heterocycles. The first-order chi connectivity index (χ1) is 5.49. The lowest BCUT2D eigenvalue weighted by molar-refractivity contribution is -0.123. The molecule has 0 aliphatic carbocycles. The quantitative estimate of drug-likeness (QED) is 0.609. The van der Waals surface area contributed by atoms with Crippen LogP contribution in [-0.2, 0) is 4.79 Å². The van der Waals surface area contributed by atoms with Crippen molar-refractivity contribution in [3.05, 3.63) is 12.7 Å². The molecule has 70 valence electrons. The first kappa shape index (κ1) is 11.2. The molecular formula is C9H18N2O. The highest BCUT2D eigenvalue weighted by Crippen LogP contribution is 1.98. The van der Waals surface area contributed by atoms with E-state index >= 15 is 0 Å². The van der Waals surface area contributed by atoms with Gasteiger partial charge in [-0.05, 0) is 12.8 Å². The summed E-state index contributed by atoms with van der Waals surface area (Å²) in [6.07, 6.45) is 1.67. The van der Waals surface area contributed by atoms with Crippen LogP contribution >= 0.6 is 0 Å². The van der Waals surface area contributed by atoms with Crippen LogP contribution in [0.2, 0.25) is 0 Å². The second-order valence-corrected chi connectivity index (χ2v) is 3.30. The molecular weight excluding hydrogens is 152 g/mol. The molecule has 0 aromatic rings. The maximum Gasteiger partial charge on any atom is 0.237 e. The van der Waals surface area contributed by atoms with Gasteiger partial charge < -0.3 is 11.1 Å². The Hall–Kier alpha value is -0.830. The Bertz CT molecular complexity index is 166. The van der Waals surface area contributed by atoms with Crippen molar-refractivity contribution >= 4 is 5.91 Å². The Kier molecular flexibility index (Phi) is 4.59. The summed E-state index contributed by atoms with van der Waals surface area (Å²) in [6.45, 7) is 9.26. The van der Waals surface area contributed by atoms with Crippen LogP contribution < -0.4 is 11.1 Å².